The van der Waals surface area contributed by atoms with Crippen molar-refractivity contribution in [1.29, 1.82) is 0 Å². The van der Waals surface area contributed by atoms with Gasteiger partial charge in [-0.05, 0) is 11.0 Å². The molecule has 0 unspecified atom stereocenters. The van der Waals surface area contributed by atoms with Gasteiger partial charge in [0.15, 0.2) is 0 Å². The van der Waals surface area contributed by atoms with Gasteiger partial charge in [0.1, 0.15) is 0 Å². The van der Waals surface area contributed by atoms with Crippen LogP contribution in [0.4, 0.5) is 0 Å². The van der Waals surface area contributed by atoms with Gasteiger partial charge in [0.2, 0.25) is 0 Å². The van der Waals surface area contributed by atoms with E-state index in [4.69, 9.17) is 4.74 Å². The zero-order valence-electron chi connectivity index (χ0n) is 9.86. The van der Waals surface area contributed by atoms with E-state index in [1.807, 2.05) is 18.2 Å². The molecule has 0 heterocycles. The first-order chi connectivity index (χ1) is 7.08. The van der Waals surface area contributed by atoms with Crippen LogP contribution in [0.25, 0.3) is 0 Å². The summed E-state index contributed by atoms with van der Waals surface area (Å²) in [5, 5.41) is 0. The summed E-state index contributed by atoms with van der Waals surface area (Å²) in [5.74, 6) is 0. The van der Waals surface area contributed by atoms with Gasteiger partial charge in [-0.15, -0.1) is 0 Å². The molecule has 0 aliphatic carbocycles. The molecule has 0 radical (unpaired) electrons. The molecule has 15 heavy (non-hydrogen) atoms. The lowest BCUT2D eigenvalue weighted by atomic mass is 9.96. The van der Waals surface area contributed by atoms with E-state index in [-0.39, 0.29) is 5.41 Å². The Bertz CT molecular complexity index is 293. The first-order valence-corrected chi connectivity index (χ1v) is 5.37. The van der Waals surface area contributed by atoms with Gasteiger partial charge in [-0.1, -0.05) is 63.3 Å². The molecule has 82 valence electrons. The summed E-state index contributed by atoms with van der Waals surface area (Å²) in [4.78, 5) is 0. The van der Waals surface area contributed by atoms with Crippen LogP contribution in [0.3, 0.4) is 0 Å². The normalized spacial score (nSPS) is 12.2. The van der Waals surface area contributed by atoms with Crippen molar-refractivity contribution in [2.45, 2.75) is 27.4 Å². The summed E-state index contributed by atoms with van der Waals surface area (Å²) >= 11 is 0. The molecule has 0 spiro atoms. The van der Waals surface area contributed by atoms with Crippen molar-refractivity contribution in [2.24, 2.45) is 5.41 Å². The van der Waals surface area contributed by atoms with Gasteiger partial charge in [-0.25, -0.2) is 0 Å². The molecule has 0 aliphatic rings. The Morgan fingerprint density at radius 2 is 1.80 bits per heavy atom. The SMILES string of the molecule is CC(C)(C)/C=C/COCc1ccccc1. The smallest absolute Gasteiger partial charge is 0.0721 e. The van der Waals surface area contributed by atoms with Crippen molar-refractivity contribution in [1.82, 2.24) is 0 Å². The van der Waals surface area contributed by atoms with Crippen molar-refractivity contribution in [2.75, 3.05) is 6.61 Å². The van der Waals surface area contributed by atoms with Gasteiger partial charge in [-0.2, -0.15) is 0 Å². The predicted molar refractivity (Wildman–Crippen MR) is 64.7 cm³/mol. The fraction of sp³-hybridized carbons (Fsp3) is 0.429. The van der Waals surface area contributed by atoms with Crippen molar-refractivity contribution in [3.05, 3.63) is 48.0 Å². The molecule has 1 aromatic rings. The Labute approximate surface area is 92.8 Å². The molecule has 1 rings (SSSR count). The Hall–Kier alpha value is -1.08. The third-order valence-corrected chi connectivity index (χ3v) is 1.94. The van der Waals surface area contributed by atoms with Gasteiger partial charge < -0.3 is 4.74 Å². The Morgan fingerprint density at radius 3 is 2.40 bits per heavy atom. The van der Waals surface area contributed by atoms with Gasteiger partial charge in [0.05, 0.1) is 13.2 Å². The molecular formula is C14H20O. The molecule has 0 aliphatic heterocycles. The minimum Gasteiger partial charge on any atom is -0.373 e. The minimum absolute atomic E-state index is 0.246. The molecule has 0 saturated heterocycles. The topological polar surface area (TPSA) is 9.23 Å². The van der Waals surface area contributed by atoms with E-state index in [0.29, 0.717) is 13.2 Å². The van der Waals surface area contributed by atoms with Crippen LogP contribution < -0.4 is 0 Å². The Kier molecular flexibility index (Phi) is 4.57. The van der Waals surface area contributed by atoms with E-state index in [2.05, 4.69) is 45.1 Å². The Balaban J connectivity index is 2.21. The van der Waals surface area contributed by atoms with Crippen molar-refractivity contribution in [3.8, 4) is 0 Å². The van der Waals surface area contributed by atoms with Crippen LogP contribution in [0, 0.1) is 5.41 Å². The molecular weight excluding hydrogens is 184 g/mol. The second kappa shape index (κ2) is 5.72. The number of hydrogen-bond donors (Lipinski definition) is 0. The molecule has 0 bridgehead atoms. The minimum atomic E-state index is 0.246. The van der Waals surface area contributed by atoms with E-state index >= 15 is 0 Å². The maximum Gasteiger partial charge on any atom is 0.0721 e. The summed E-state index contributed by atoms with van der Waals surface area (Å²) in [7, 11) is 0. The maximum absolute atomic E-state index is 5.53. The fourth-order valence-corrected chi connectivity index (χ4v) is 1.22. The van der Waals surface area contributed by atoms with Crippen molar-refractivity contribution >= 4 is 0 Å². The molecule has 1 nitrogen and oxygen atoms in total. The van der Waals surface area contributed by atoms with Crippen LogP contribution in [0.2, 0.25) is 0 Å². The zero-order chi connectivity index (χ0) is 11.1. The van der Waals surface area contributed by atoms with Crippen LogP contribution in [0.1, 0.15) is 26.3 Å². The van der Waals surface area contributed by atoms with Crippen LogP contribution in [-0.2, 0) is 11.3 Å². The molecule has 0 saturated carbocycles. The monoisotopic (exact) mass is 204 g/mol. The van der Waals surface area contributed by atoms with E-state index in [1.54, 1.807) is 0 Å². The van der Waals surface area contributed by atoms with Crippen LogP contribution in [-0.4, -0.2) is 6.61 Å². The number of hydrogen-bond acceptors (Lipinski definition) is 1. The molecule has 0 atom stereocenters. The number of benzene rings is 1. The first kappa shape index (κ1) is 12.0. The highest BCUT2D eigenvalue weighted by atomic mass is 16.5. The second-order valence-electron chi connectivity index (χ2n) is 4.77. The van der Waals surface area contributed by atoms with E-state index < -0.39 is 0 Å². The molecule has 0 aromatic heterocycles. The van der Waals surface area contributed by atoms with Crippen LogP contribution in [0.5, 0.6) is 0 Å². The Morgan fingerprint density at radius 1 is 1.13 bits per heavy atom. The van der Waals surface area contributed by atoms with Gasteiger partial charge in [0, 0.05) is 0 Å². The van der Waals surface area contributed by atoms with Crippen LogP contribution >= 0.6 is 0 Å². The van der Waals surface area contributed by atoms with Crippen LogP contribution in [0.15, 0.2) is 42.5 Å². The molecule has 0 N–H and O–H groups in total. The number of rotatable bonds is 4. The highest BCUT2D eigenvalue weighted by Crippen LogP contribution is 2.14. The highest BCUT2D eigenvalue weighted by Gasteiger charge is 2.02. The van der Waals surface area contributed by atoms with Gasteiger partial charge in [-0.3, -0.25) is 0 Å². The van der Waals surface area contributed by atoms with Crippen molar-refractivity contribution < 1.29 is 4.74 Å². The lowest BCUT2D eigenvalue weighted by Gasteiger charge is -2.10. The summed E-state index contributed by atoms with van der Waals surface area (Å²) in [6.07, 6.45) is 4.26. The third-order valence-electron chi connectivity index (χ3n) is 1.94. The second-order valence-corrected chi connectivity index (χ2v) is 4.77. The van der Waals surface area contributed by atoms with Gasteiger partial charge >= 0.3 is 0 Å². The van der Waals surface area contributed by atoms with E-state index in [1.165, 1.54) is 5.56 Å². The third kappa shape index (κ3) is 6.08. The highest BCUT2D eigenvalue weighted by molar-refractivity contribution is 5.13. The fourth-order valence-electron chi connectivity index (χ4n) is 1.22. The lowest BCUT2D eigenvalue weighted by molar-refractivity contribution is 0.148. The average Bonchev–Trinajstić information content (AvgIpc) is 2.17. The summed E-state index contributed by atoms with van der Waals surface area (Å²) in [6, 6.07) is 10.2. The molecule has 1 heteroatoms. The standard InChI is InChI=1S/C14H20O/c1-14(2,3)10-7-11-15-12-13-8-5-4-6-9-13/h4-10H,11-12H2,1-3H3/b10-7+. The van der Waals surface area contributed by atoms with E-state index in [0.717, 1.165) is 0 Å². The number of allylic oxidation sites excluding steroid dienone is 1. The summed E-state index contributed by atoms with van der Waals surface area (Å²) in [6.45, 7) is 7.92. The zero-order valence-corrected chi connectivity index (χ0v) is 9.86. The predicted octanol–water partition coefficient (Wildman–Crippen LogP) is 3.81. The largest absolute Gasteiger partial charge is 0.373 e. The van der Waals surface area contributed by atoms with Gasteiger partial charge in [0.25, 0.3) is 0 Å². The quantitative estimate of drug-likeness (QED) is 0.535. The van der Waals surface area contributed by atoms with Crippen molar-refractivity contribution in [3.63, 3.8) is 0 Å². The average molecular weight is 204 g/mol. The van der Waals surface area contributed by atoms with E-state index in [9.17, 15) is 0 Å². The molecule has 0 fully saturated rings. The summed E-state index contributed by atoms with van der Waals surface area (Å²) in [5.41, 5.74) is 1.47. The first-order valence-electron chi connectivity index (χ1n) is 5.37. The molecule has 0 amide bonds. The summed E-state index contributed by atoms with van der Waals surface area (Å²) < 4.78 is 5.53. The molecule has 1 aromatic carbocycles. The lowest BCUT2D eigenvalue weighted by Crippen LogP contribution is -2.00. The maximum atomic E-state index is 5.53. The number of ether oxygens (including phenoxy) is 1.